The summed E-state index contributed by atoms with van der Waals surface area (Å²) in [5, 5.41) is 8.44. The molecule has 1 aliphatic carbocycles. The summed E-state index contributed by atoms with van der Waals surface area (Å²) in [6.45, 7) is 7.89. The number of nitrogens with one attached hydrogen (secondary N) is 1. The summed E-state index contributed by atoms with van der Waals surface area (Å²) in [5.41, 5.74) is 6.65. The highest BCUT2D eigenvalue weighted by atomic mass is 16.2. The van der Waals surface area contributed by atoms with Crippen molar-refractivity contribution in [3.8, 4) is 0 Å². The molecule has 0 radical (unpaired) electrons. The molecule has 3 rings (SSSR count). The molecule has 7 nitrogen and oxygen atoms in total. The monoisotopic (exact) mass is 326 g/mol. The van der Waals surface area contributed by atoms with E-state index < -0.39 is 5.91 Å². The van der Waals surface area contributed by atoms with E-state index in [1.54, 1.807) is 4.52 Å². The van der Waals surface area contributed by atoms with Crippen LogP contribution in [0, 0.1) is 19.8 Å². The van der Waals surface area contributed by atoms with Crippen molar-refractivity contribution in [1.82, 2.24) is 25.0 Å². The van der Waals surface area contributed by atoms with Crippen LogP contribution in [-0.4, -0.2) is 31.2 Å². The molecule has 2 aromatic rings. The van der Waals surface area contributed by atoms with E-state index in [0.717, 1.165) is 36.4 Å². The molecule has 1 N–H and O–H groups in total. The van der Waals surface area contributed by atoms with Crippen molar-refractivity contribution in [3.63, 3.8) is 0 Å². The van der Waals surface area contributed by atoms with Crippen molar-refractivity contribution in [2.24, 2.45) is 11.0 Å². The molecule has 2 heterocycles. The zero-order valence-corrected chi connectivity index (χ0v) is 14.5. The number of rotatable bonds is 3. The highest BCUT2D eigenvalue weighted by Crippen LogP contribution is 2.24. The number of hydrazone groups is 1. The third-order valence-electron chi connectivity index (χ3n) is 4.38. The van der Waals surface area contributed by atoms with Crippen LogP contribution in [0.15, 0.2) is 22.8 Å². The first-order valence-electron chi connectivity index (χ1n) is 8.15. The third kappa shape index (κ3) is 3.34. The van der Waals surface area contributed by atoms with Crippen LogP contribution >= 0.6 is 0 Å². The van der Waals surface area contributed by atoms with Crippen LogP contribution in [0.25, 0.3) is 5.78 Å². The number of nitrogens with zero attached hydrogens (tertiary/aromatic N) is 5. The molecular formula is C17H22N6O. The Kier molecular flexibility index (Phi) is 4.42. The summed E-state index contributed by atoms with van der Waals surface area (Å²) in [7, 11) is 0. The van der Waals surface area contributed by atoms with Gasteiger partial charge in [-0.15, -0.1) is 5.10 Å². The fraction of sp³-hybridized carbons (Fsp3) is 0.471. The maximum atomic E-state index is 12.3. The second-order valence-corrected chi connectivity index (χ2v) is 6.40. The first-order valence-corrected chi connectivity index (χ1v) is 8.15. The lowest BCUT2D eigenvalue weighted by atomic mass is 9.87. The number of hydrogen-bond acceptors (Lipinski definition) is 5. The van der Waals surface area contributed by atoms with Gasteiger partial charge in [-0.3, -0.25) is 4.79 Å². The first-order chi connectivity index (χ1) is 11.4. The lowest BCUT2D eigenvalue weighted by molar-refractivity contribution is 0.0944. The maximum absolute atomic E-state index is 12.3. The SMILES string of the molecule is CC1=CC[C@H](/C(C)=N/NC(=O)c2nc3nc(C)cc(C)n3n2)CC1. The van der Waals surface area contributed by atoms with Gasteiger partial charge in [-0.1, -0.05) is 11.6 Å². The van der Waals surface area contributed by atoms with Gasteiger partial charge in [-0.05, 0) is 53.0 Å². The van der Waals surface area contributed by atoms with Crippen LogP contribution in [0.3, 0.4) is 0 Å². The van der Waals surface area contributed by atoms with Crippen LogP contribution in [0.2, 0.25) is 0 Å². The second kappa shape index (κ2) is 6.51. The van der Waals surface area contributed by atoms with Crippen molar-refractivity contribution in [1.29, 1.82) is 0 Å². The van der Waals surface area contributed by atoms with Gasteiger partial charge in [0.1, 0.15) is 0 Å². The largest absolute Gasteiger partial charge is 0.311 e. The molecule has 0 aliphatic heterocycles. The van der Waals surface area contributed by atoms with Crippen LogP contribution in [0.1, 0.15) is 55.1 Å². The summed E-state index contributed by atoms with van der Waals surface area (Å²) in [6, 6.07) is 1.89. The van der Waals surface area contributed by atoms with Gasteiger partial charge in [0.2, 0.25) is 5.82 Å². The predicted octanol–water partition coefficient (Wildman–Crippen LogP) is 2.59. The van der Waals surface area contributed by atoms with E-state index in [1.165, 1.54) is 5.57 Å². The standard InChI is InChI=1S/C17H22N6O/c1-10-5-7-14(8-6-10)13(4)20-21-16(24)15-19-17-18-11(2)9-12(3)23(17)22-15/h5,9,14H,6-8H2,1-4H3,(H,21,24)/b20-13+/t14-/m0/s1. The van der Waals surface area contributed by atoms with E-state index in [2.05, 4.69) is 38.6 Å². The Morgan fingerprint density at radius 1 is 1.33 bits per heavy atom. The minimum absolute atomic E-state index is 0.0761. The summed E-state index contributed by atoms with van der Waals surface area (Å²) in [4.78, 5) is 20.7. The van der Waals surface area contributed by atoms with Crippen LogP contribution in [0.4, 0.5) is 0 Å². The Labute approximate surface area is 140 Å². The Balaban J connectivity index is 1.73. The minimum Gasteiger partial charge on any atom is -0.264 e. The van der Waals surface area contributed by atoms with Crippen molar-refractivity contribution < 1.29 is 4.79 Å². The smallest absolute Gasteiger partial charge is 0.264 e. The molecule has 0 saturated heterocycles. The summed E-state index contributed by atoms with van der Waals surface area (Å²) in [6.07, 6.45) is 5.38. The molecule has 1 aliphatic rings. The number of carbonyl (C=O) groups excluding carboxylic acids is 1. The number of allylic oxidation sites excluding steroid dienone is 2. The number of aromatic nitrogens is 4. The Morgan fingerprint density at radius 2 is 2.12 bits per heavy atom. The van der Waals surface area contributed by atoms with E-state index in [4.69, 9.17) is 0 Å². The van der Waals surface area contributed by atoms with Crippen molar-refractivity contribution in [3.05, 3.63) is 34.9 Å². The Bertz CT molecular complexity index is 848. The van der Waals surface area contributed by atoms with Gasteiger partial charge >= 0.3 is 5.91 Å². The lowest BCUT2D eigenvalue weighted by Crippen LogP contribution is -2.23. The van der Waals surface area contributed by atoms with Crippen LogP contribution in [-0.2, 0) is 0 Å². The number of carbonyl (C=O) groups is 1. The molecule has 1 amide bonds. The number of aryl methyl sites for hydroxylation is 2. The van der Waals surface area contributed by atoms with E-state index in [0.29, 0.717) is 11.7 Å². The summed E-state index contributed by atoms with van der Waals surface area (Å²) < 4.78 is 1.56. The molecule has 0 fully saturated rings. The average molecular weight is 326 g/mol. The maximum Gasteiger partial charge on any atom is 0.311 e. The molecule has 7 heteroatoms. The van der Waals surface area contributed by atoms with Gasteiger partial charge in [0, 0.05) is 23.0 Å². The molecule has 24 heavy (non-hydrogen) atoms. The fourth-order valence-electron chi connectivity index (χ4n) is 2.89. The summed E-state index contributed by atoms with van der Waals surface area (Å²) >= 11 is 0. The zero-order chi connectivity index (χ0) is 17.3. The fourth-order valence-corrected chi connectivity index (χ4v) is 2.89. The molecule has 2 aromatic heterocycles. The number of fused-ring (bicyclic) bond motifs is 1. The van der Waals surface area contributed by atoms with Gasteiger partial charge in [0.05, 0.1) is 0 Å². The minimum atomic E-state index is -0.417. The van der Waals surface area contributed by atoms with Gasteiger partial charge in [0.25, 0.3) is 5.78 Å². The Morgan fingerprint density at radius 3 is 2.83 bits per heavy atom. The van der Waals surface area contributed by atoms with Crippen molar-refractivity contribution >= 4 is 17.4 Å². The van der Waals surface area contributed by atoms with Gasteiger partial charge in [-0.2, -0.15) is 10.1 Å². The normalized spacial score (nSPS) is 18.6. The molecule has 0 saturated carbocycles. The zero-order valence-electron chi connectivity index (χ0n) is 14.5. The summed E-state index contributed by atoms with van der Waals surface area (Å²) in [5.74, 6) is 0.465. The topological polar surface area (TPSA) is 84.5 Å². The molecule has 0 spiro atoms. The molecule has 1 atom stereocenters. The van der Waals surface area contributed by atoms with E-state index in [9.17, 15) is 4.79 Å². The number of hydrogen-bond donors (Lipinski definition) is 1. The van der Waals surface area contributed by atoms with Gasteiger partial charge in [0.15, 0.2) is 0 Å². The van der Waals surface area contributed by atoms with Crippen molar-refractivity contribution in [2.45, 2.75) is 47.0 Å². The van der Waals surface area contributed by atoms with Crippen LogP contribution in [0.5, 0.6) is 0 Å². The molecule has 0 bridgehead atoms. The van der Waals surface area contributed by atoms with Crippen LogP contribution < -0.4 is 5.43 Å². The Hall–Kier alpha value is -2.57. The van der Waals surface area contributed by atoms with E-state index in [-0.39, 0.29) is 5.82 Å². The van der Waals surface area contributed by atoms with Gasteiger partial charge < -0.3 is 0 Å². The highest BCUT2D eigenvalue weighted by Gasteiger charge is 2.17. The highest BCUT2D eigenvalue weighted by molar-refractivity contribution is 5.92. The quantitative estimate of drug-likeness (QED) is 0.534. The van der Waals surface area contributed by atoms with Gasteiger partial charge in [-0.25, -0.2) is 14.9 Å². The first kappa shape index (κ1) is 16.3. The lowest BCUT2D eigenvalue weighted by Gasteiger charge is -2.19. The number of amides is 1. The second-order valence-electron chi connectivity index (χ2n) is 6.40. The van der Waals surface area contributed by atoms with E-state index >= 15 is 0 Å². The van der Waals surface area contributed by atoms with Crippen molar-refractivity contribution in [2.75, 3.05) is 0 Å². The average Bonchev–Trinajstić information content (AvgIpc) is 2.97. The predicted molar refractivity (Wildman–Crippen MR) is 91.9 cm³/mol. The molecule has 0 unspecified atom stereocenters. The molecule has 0 aromatic carbocycles. The molecule has 126 valence electrons. The molecular weight excluding hydrogens is 304 g/mol. The third-order valence-corrected chi connectivity index (χ3v) is 4.38. The van der Waals surface area contributed by atoms with E-state index in [1.807, 2.05) is 26.8 Å².